The van der Waals surface area contributed by atoms with Crippen LogP contribution in [0.4, 0.5) is 35.0 Å². The number of hydrogen-bond donors (Lipinski definition) is 2. The molecule has 2 amide bonds. The lowest BCUT2D eigenvalue weighted by atomic mass is 10.0. The summed E-state index contributed by atoms with van der Waals surface area (Å²) in [5.41, 5.74) is -0.249. The highest BCUT2D eigenvalue weighted by Gasteiger charge is 2.42. The molecule has 0 bridgehead atoms. The molecule has 2 aromatic carbocycles. The van der Waals surface area contributed by atoms with Gasteiger partial charge >= 0.3 is 6.18 Å². The van der Waals surface area contributed by atoms with Gasteiger partial charge in [0.1, 0.15) is 5.82 Å². The summed E-state index contributed by atoms with van der Waals surface area (Å²) in [5.74, 6) is -2.56. The number of halogens is 4. The number of nitrogens with zero attached hydrogens (tertiary/aromatic N) is 3. The van der Waals surface area contributed by atoms with Crippen molar-refractivity contribution in [2.45, 2.75) is 38.9 Å². The van der Waals surface area contributed by atoms with Crippen LogP contribution in [0.25, 0.3) is 10.9 Å². The molecule has 1 fully saturated rings. The number of benzene rings is 2. The lowest BCUT2D eigenvalue weighted by Gasteiger charge is -2.29. The van der Waals surface area contributed by atoms with Crippen LogP contribution in [0.2, 0.25) is 0 Å². The fourth-order valence-electron chi connectivity index (χ4n) is 4.81. The van der Waals surface area contributed by atoms with E-state index < -0.39 is 29.4 Å². The Morgan fingerprint density at radius 2 is 1.93 bits per heavy atom. The predicted molar refractivity (Wildman–Crippen MR) is 142 cm³/mol. The molecule has 1 unspecified atom stereocenters. The third kappa shape index (κ3) is 5.95. The van der Waals surface area contributed by atoms with E-state index in [0.29, 0.717) is 25.0 Å². The van der Waals surface area contributed by atoms with Crippen LogP contribution in [-0.2, 0) is 17.5 Å². The molecule has 4 aromatic rings. The molecule has 0 spiro atoms. The number of carbonyl (C=O) groups is 2. The van der Waals surface area contributed by atoms with E-state index in [1.54, 1.807) is 41.4 Å². The number of carbonyl (C=O) groups excluding carboxylic acids is 2. The monoisotopic (exact) mass is 557 g/mol. The molecule has 5 rings (SSSR count). The summed E-state index contributed by atoms with van der Waals surface area (Å²) in [6.07, 6.45) is -1.28. The molecular formula is C28H27F4N5O3. The highest BCUT2D eigenvalue weighted by atomic mass is 19.4. The molecule has 8 nitrogen and oxygen atoms in total. The van der Waals surface area contributed by atoms with E-state index >= 15 is 0 Å². The molecule has 1 saturated heterocycles. The van der Waals surface area contributed by atoms with E-state index in [4.69, 9.17) is 4.42 Å². The van der Waals surface area contributed by atoms with Crippen molar-refractivity contribution in [2.24, 2.45) is 5.92 Å². The van der Waals surface area contributed by atoms with Crippen LogP contribution in [0.5, 0.6) is 0 Å². The number of fused-ring (bicyclic) bond motifs is 1. The highest BCUT2D eigenvalue weighted by molar-refractivity contribution is 6.04. The van der Waals surface area contributed by atoms with E-state index in [1.165, 1.54) is 18.2 Å². The van der Waals surface area contributed by atoms with Crippen molar-refractivity contribution in [3.8, 4) is 0 Å². The van der Waals surface area contributed by atoms with E-state index in [0.717, 1.165) is 18.4 Å². The topological polar surface area (TPSA) is 92.4 Å². The third-order valence-corrected chi connectivity index (χ3v) is 6.77. The fraction of sp³-hybridized carbons (Fsp3) is 0.321. The van der Waals surface area contributed by atoms with Gasteiger partial charge < -0.3 is 24.5 Å². The summed E-state index contributed by atoms with van der Waals surface area (Å²) in [4.78, 5) is 30.5. The maximum absolute atomic E-state index is 13.8. The zero-order valence-electron chi connectivity index (χ0n) is 21.6. The van der Waals surface area contributed by atoms with Crippen LogP contribution in [0.3, 0.4) is 0 Å². The molecule has 2 aromatic heterocycles. The summed E-state index contributed by atoms with van der Waals surface area (Å²) >= 11 is 0. The number of oxazole rings is 1. The van der Waals surface area contributed by atoms with Crippen molar-refractivity contribution in [1.29, 1.82) is 0 Å². The largest absolute Gasteiger partial charge is 0.437 e. The Balaban J connectivity index is 1.28. The molecule has 1 aliphatic rings. The number of rotatable bonds is 7. The summed E-state index contributed by atoms with van der Waals surface area (Å²) in [7, 11) is 0. The number of hydrogen-bond acceptors (Lipinski definition) is 5. The molecule has 12 heteroatoms. The van der Waals surface area contributed by atoms with Gasteiger partial charge in [0.25, 0.3) is 11.9 Å². The van der Waals surface area contributed by atoms with E-state index in [2.05, 4.69) is 15.6 Å². The molecule has 3 heterocycles. The molecule has 40 heavy (non-hydrogen) atoms. The van der Waals surface area contributed by atoms with Gasteiger partial charge in [-0.05, 0) is 55.2 Å². The average molecular weight is 558 g/mol. The van der Waals surface area contributed by atoms with Gasteiger partial charge in [0, 0.05) is 48.8 Å². The molecule has 1 aliphatic heterocycles. The first-order valence-corrected chi connectivity index (χ1v) is 12.9. The molecule has 210 valence electrons. The Hall–Kier alpha value is -4.35. The fourth-order valence-corrected chi connectivity index (χ4v) is 4.81. The number of alkyl halides is 3. The summed E-state index contributed by atoms with van der Waals surface area (Å²) in [6.45, 7) is 3.30. The van der Waals surface area contributed by atoms with Crippen molar-refractivity contribution < 1.29 is 31.6 Å². The highest BCUT2D eigenvalue weighted by Crippen LogP contribution is 2.35. The summed E-state index contributed by atoms with van der Waals surface area (Å²) < 4.78 is 62.1. The Bertz CT molecular complexity index is 1540. The van der Waals surface area contributed by atoms with Gasteiger partial charge in [-0.1, -0.05) is 19.1 Å². The predicted octanol–water partition coefficient (Wildman–Crippen LogP) is 6.30. The molecule has 0 aliphatic carbocycles. The van der Waals surface area contributed by atoms with Crippen molar-refractivity contribution in [1.82, 2.24) is 9.55 Å². The number of amides is 2. The van der Waals surface area contributed by atoms with Crippen LogP contribution in [0.15, 0.2) is 59.1 Å². The van der Waals surface area contributed by atoms with Crippen LogP contribution in [0, 0.1) is 11.7 Å². The standard InChI is InChI=1S/C28H27F4N5O3/c1-17-5-4-12-37(16-17)27-35-25(28(30,31)32)24(40-27)26(39)33-19-8-9-22-18(15-19)10-13-36(22)14-11-23(38)34-21-7-3-2-6-20(21)29/h2-3,6-10,13,15,17H,4-5,11-12,14,16H2,1H3,(H,33,39)(H,34,38). The van der Waals surface area contributed by atoms with Crippen LogP contribution < -0.4 is 15.5 Å². The van der Waals surface area contributed by atoms with Crippen molar-refractivity contribution >= 4 is 40.1 Å². The van der Waals surface area contributed by atoms with Crippen LogP contribution in [0.1, 0.15) is 42.4 Å². The second kappa shape index (κ2) is 11.0. The first kappa shape index (κ1) is 27.2. The number of anilines is 3. The van der Waals surface area contributed by atoms with Crippen LogP contribution >= 0.6 is 0 Å². The first-order valence-electron chi connectivity index (χ1n) is 12.9. The molecule has 0 saturated carbocycles. The van der Waals surface area contributed by atoms with Gasteiger partial charge in [-0.25, -0.2) is 4.39 Å². The minimum Gasteiger partial charge on any atom is -0.417 e. The number of aromatic nitrogens is 2. The third-order valence-electron chi connectivity index (χ3n) is 6.77. The van der Waals surface area contributed by atoms with Crippen LogP contribution in [-0.4, -0.2) is 34.5 Å². The number of para-hydroxylation sites is 1. The second-order valence-electron chi connectivity index (χ2n) is 9.88. The number of nitrogens with one attached hydrogen (secondary N) is 2. The molecule has 0 radical (unpaired) electrons. The van der Waals surface area contributed by atoms with Gasteiger partial charge in [-0.3, -0.25) is 9.59 Å². The normalized spacial score (nSPS) is 15.8. The maximum atomic E-state index is 13.8. The number of piperidine rings is 1. The van der Waals surface area contributed by atoms with E-state index in [9.17, 15) is 27.2 Å². The SMILES string of the molecule is CC1CCCN(c2nc(C(F)(F)F)c(C(=O)Nc3ccc4c(ccn4CCC(=O)Nc4ccccc4F)c3)o2)C1. The average Bonchev–Trinajstić information content (AvgIpc) is 3.54. The zero-order chi connectivity index (χ0) is 28.4. The number of aryl methyl sites for hydroxylation is 1. The first-order chi connectivity index (χ1) is 19.1. The van der Waals surface area contributed by atoms with Gasteiger partial charge in [0.2, 0.25) is 11.7 Å². The second-order valence-corrected chi connectivity index (χ2v) is 9.88. The summed E-state index contributed by atoms with van der Waals surface area (Å²) in [5, 5.41) is 5.71. The minimum atomic E-state index is -4.87. The Labute approximate surface area is 227 Å². The Morgan fingerprint density at radius 1 is 1.12 bits per heavy atom. The Morgan fingerprint density at radius 3 is 2.67 bits per heavy atom. The summed E-state index contributed by atoms with van der Waals surface area (Å²) in [6, 6.07) is 12.3. The quantitative estimate of drug-likeness (QED) is 0.260. The minimum absolute atomic E-state index is 0.0838. The molecular weight excluding hydrogens is 530 g/mol. The van der Waals surface area contributed by atoms with Gasteiger partial charge in [-0.2, -0.15) is 18.2 Å². The van der Waals surface area contributed by atoms with E-state index in [1.807, 2.05) is 11.5 Å². The Kier molecular flexibility index (Phi) is 7.51. The van der Waals surface area contributed by atoms with Gasteiger partial charge in [0.15, 0.2) is 5.69 Å². The lowest BCUT2D eigenvalue weighted by Crippen LogP contribution is -2.34. The smallest absolute Gasteiger partial charge is 0.417 e. The van der Waals surface area contributed by atoms with Crippen molar-refractivity contribution in [3.05, 3.63) is 72.0 Å². The van der Waals surface area contributed by atoms with Crippen molar-refractivity contribution in [3.63, 3.8) is 0 Å². The zero-order valence-corrected chi connectivity index (χ0v) is 21.6. The lowest BCUT2D eigenvalue weighted by molar-refractivity contribution is -0.141. The molecule has 1 atom stereocenters. The van der Waals surface area contributed by atoms with E-state index in [-0.39, 0.29) is 35.6 Å². The maximum Gasteiger partial charge on any atom is 0.437 e. The van der Waals surface area contributed by atoms with Crippen molar-refractivity contribution in [2.75, 3.05) is 28.6 Å². The van der Waals surface area contributed by atoms with Gasteiger partial charge in [0.05, 0.1) is 5.69 Å². The molecule has 2 N–H and O–H groups in total. The van der Waals surface area contributed by atoms with Gasteiger partial charge in [-0.15, -0.1) is 0 Å².